The van der Waals surface area contributed by atoms with Crippen molar-refractivity contribution in [3.05, 3.63) is 52.2 Å². The van der Waals surface area contributed by atoms with Gasteiger partial charge in [0, 0.05) is 17.7 Å². The van der Waals surface area contributed by atoms with Gasteiger partial charge in [-0.2, -0.15) is 11.3 Å². The van der Waals surface area contributed by atoms with Crippen LogP contribution in [-0.4, -0.2) is 24.3 Å². The smallest absolute Gasteiger partial charge is 0.306 e. The number of anilines is 1. The third-order valence-corrected chi connectivity index (χ3v) is 3.85. The number of benzene rings is 1. The van der Waals surface area contributed by atoms with Crippen molar-refractivity contribution in [2.75, 3.05) is 11.9 Å². The van der Waals surface area contributed by atoms with E-state index in [9.17, 15) is 14.4 Å². The van der Waals surface area contributed by atoms with E-state index < -0.39 is 11.9 Å². The Labute approximate surface area is 138 Å². The minimum absolute atomic E-state index is 0.0824. The molecule has 120 valence electrons. The molecule has 1 N–H and O–H groups in total. The lowest BCUT2D eigenvalue weighted by atomic mass is 10.1. The summed E-state index contributed by atoms with van der Waals surface area (Å²) in [5.41, 5.74) is 2.09. The first-order chi connectivity index (χ1) is 11.0. The van der Waals surface area contributed by atoms with Gasteiger partial charge in [0.05, 0.1) is 0 Å². The predicted molar refractivity (Wildman–Crippen MR) is 88.7 cm³/mol. The monoisotopic (exact) mass is 331 g/mol. The molecule has 0 bridgehead atoms. The molecule has 5 nitrogen and oxygen atoms in total. The van der Waals surface area contributed by atoms with Crippen molar-refractivity contribution >= 4 is 34.7 Å². The van der Waals surface area contributed by atoms with E-state index in [0.717, 1.165) is 5.56 Å². The second kappa shape index (κ2) is 8.24. The summed E-state index contributed by atoms with van der Waals surface area (Å²) in [5.74, 6) is -0.931. The molecule has 0 radical (unpaired) electrons. The van der Waals surface area contributed by atoms with E-state index in [0.29, 0.717) is 17.7 Å². The van der Waals surface area contributed by atoms with Crippen LogP contribution in [0.4, 0.5) is 5.69 Å². The van der Waals surface area contributed by atoms with E-state index in [1.54, 1.807) is 35.6 Å². The number of aryl methyl sites for hydroxylation is 1. The quantitative estimate of drug-likeness (QED) is 0.625. The van der Waals surface area contributed by atoms with Crippen LogP contribution in [-0.2, 0) is 20.7 Å². The number of hydrogen-bond donors (Lipinski definition) is 1. The molecule has 6 heteroatoms. The molecule has 0 spiro atoms. The summed E-state index contributed by atoms with van der Waals surface area (Å²) in [6.45, 7) is 1.11. The highest BCUT2D eigenvalue weighted by Gasteiger charge is 2.09. The number of thiophene rings is 1. The normalized spacial score (nSPS) is 10.1. The van der Waals surface area contributed by atoms with Gasteiger partial charge in [-0.05, 0) is 47.9 Å². The second-order valence-electron chi connectivity index (χ2n) is 4.98. The Hall–Kier alpha value is -2.47. The average Bonchev–Trinajstić information content (AvgIpc) is 3.04. The van der Waals surface area contributed by atoms with Crippen LogP contribution in [0.2, 0.25) is 0 Å². The van der Waals surface area contributed by atoms with Crippen molar-refractivity contribution in [1.82, 2.24) is 0 Å². The molecule has 0 aliphatic carbocycles. The maximum Gasteiger partial charge on any atom is 0.306 e. The average molecular weight is 331 g/mol. The molecule has 0 saturated heterocycles. The number of rotatable bonds is 7. The van der Waals surface area contributed by atoms with Gasteiger partial charge in [0.25, 0.3) is 5.91 Å². The molecule has 0 atom stereocenters. The number of esters is 1. The van der Waals surface area contributed by atoms with Gasteiger partial charge in [-0.25, -0.2) is 0 Å². The van der Waals surface area contributed by atoms with E-state index in [-0.39, 0.29) is 18.8 Å². The van der Waals surface area contributed by atoms with Crippen molar-refractivity contribution in [2.45, 2.75) is 19.8 Å². The van der Waals surface area contributed by atoms with Crippen LogP contribution in [0.3, 0.4) is 0 Å². The number of carbonyl (C=O) groups is 3. The Morgan fingerprint density at radius 1 is 1.22 bits per heavy atom. The first-order valence-electron chi connectivity index (χ1n) is 7.12. The van der Waals surface area contributed by atoms with Crippen LogP contribution in [0, 0.1) is 0 Å². The largest absolute Gasteiger partial charge is 0.456 e. The van der Waals surface area contributed by atoms with Crippen LogP contribution < -0.4 is 5.32 Å². The van der Waals surface area contributed by atoms with Gasteiger partial charge in [-0.15, -0.1) is 0 Å². The zero-order valence-corrected chi connectivity index (χ0v) is 13.5. The first-order valence-corrected chi connectivity index (χ1v) is 8.06. The van der Waals surface area contributed by atoms with Gasteiger partial charge in [-0.1, -0.05) is 12.1 Å². The van der Waals surface area contributed by atoms with Crippen molar-refractivity contribution in [1.29, 1.82) is 0 Å². The summed E-state index contributed by atoms with van der Waals surface area (Å²) in [7, 11) is 0. The number of hydrogen-bond acceptors (Lipinski definition) is 5. The molecule has 23 heavy (non-hydrogen) atoms. The fourth-order valence-corrected chi connectivity index (χ4v) is 2.62. The maximum atomic E-state index is 11.8. The highest BCUT2D eigenvalue weighted by atomic mass is 32.1. The summed E-state index contributed by atoms with van der Waals surface area (Å²) in [5, 5.41) is 6.52. The van der Waals surface area contributed by atoms with Gasteiger partial charge in [0.2, 0.25) is 0 Å². The molecule has 2 rings (SSSR count). The van der Waals surface area contributed by atoms with E-state index in [1.807, 2.05) is 16.8 Å². The molecule has 1 heterocycles. The minimum Gasteiger partial charge on any atom is -0.456 e. The zero-order chi connectivity index (χ0) is 16.7. The highest BCUT2D eigenvalue weighted by Crippen LogP contribution is 2.11. The number of amides is 1. The number of nitrogens with one attached hydrogen (secondary N) is 1. The Kier molecular flexibility index (Phi) is 6.05. The molecule has 2 aromatic rings. The number of Topliss-reactive ketones (excluding diaryl/α,β-unsaturated/α-hetero) is 1. The van der Waals surface area contributed by atoms with Crippen LogP contribution in [0.5, 0.6) is 0 Å². The Morgan fingerprint density at radius 3 is 2.74 bits per heavy atom. The summed E-state index contributed by atoms with van der Waals surface area (Å²) < 4.78 is 4.94. The van der Waals surface area contributed by atoms with Gasteiger partial charge >= 0.3 is 5.97 Å². The van der Waals surface area contributed by atoms with Crippen LogP contribution in [0.15, 0.2) is 41.1 Å². The van der Waals surface area contributed by atoms with Crippen molar-refractivity contribution in [2.24, 2.45) is 0 Å². The second-order valence-corrected chi connectivity index (χ2v) is 5.76. The fourth-order valence-electron chi connectivity index (χ4n) is 1.91. The van der Waals surface area contributed by atoms with Gasteiger partial charge in [0.1, 0.15) is 0 Å². The standard InChI is InChI=1S/C17H17NO4S/c1-12(19)14-3-2-4-15(9-14)18-16(20)10-22-17(21)6-5-13-7-8-23-11-13/h2-4,7-9,11H,5-6,10H2,1H3,(H,18,20). The van der Waals surface area contributed by atoms with Crippen LogP contribution >= 0.6 is 11.3 Å². The first kappa shape index (κ1) is 16.9. The lowest BCUT2D eigenvalue weighted by molar-refractivity contribution is -0.147. The maximum absolute atomic E-state index is 11.8. The number of ketones is 1. The van der Waals surface area contributed by atoms with Gasteiger partial charge in [0.15, 0.2) is 12.4 Å². The topological polar surface area (TPSA) is 72.5 Å². The van der Waals surface area contributed by atoms with E-state index in [2.05, 4.69) is 5.32 Å². The third kappa shape index (κ3) is 5.67. The Morgan fingerprint density at radius 2 is 2.04 bits per heavy atom. The van der Waals surface area contributed by atoms with Crippen LogP contribution in [0.25, 0.3) is 0 Å². The fraction of sp³-hybridized carbons (Fsp3) is 0.235. The zero-order valence-electron chi connectivity index (χ0n) is 12.7. The van der Waals surface area contributed by atoms with Crippen molar-refractivity contribution in [3.63, 3.8) is 0 Å². The van der Waals surface area contributed by atoms with Gasteiger partial charge < -0.3 is 10.1 Å². The summed E-state index contributed by atoms with van der Waals surface area (Å²) in [6.07, 6.45) is 0.842. The van der Waals surface area contributed by atoms with Crippen molar-refractivity contribution in [3.8, 4) is 0 Å². The molecular formula is C17H17NO4S. The SMILES string of the molecule is CC(=O)c1cccc(NC(=O)COC(=O)CCc2ccsc2)c1. The van der Waals surface area contributed by atoms with Gasteiger partial charge in [-0.3, -0.25) is 14.4 Å². The number of carbonyl (C=O) groups excluding carboxylic acids is 3. The number of ether oxygens (including phenoxy) is 1. The minimum atomic E-state index is -0.436. The molecule has 0 unspecified atom stereocenters. The molecule has 1 aromatic carbocycles. The third-order valence-electron chi connectivity index (χ3n) is 3.12. The Bertz CT molecular complexity index is 694. The summed E-state index contributed by atoms with van der Waals surface area (Å²) in [4.78, 5) is 34.6. The lowest BCUT2D eigenvalue weighted by Gasteiger charge is -2.07. The molecular weight excluding hydrogens is 314 g/mol. The lowest BCUT2D eigenvalue weighted by Crippen LogP contribution is -2.21. The summed E-state index contributed by atoms with van der Waals surface area (Å²) >= 11 is 1.57. The molecule has 0 fully saturated rings. The molecule has 0 saturated carbocycles. The molecule has 0 aliphatic rings. The van der Waals surface area contributed by atoms with E-state index in [4.69, 9.17) is 4.74 Å². The molecule has 1 amide bonds. The Balaban J connectivity index is 1.75. The highest BCUT2D eigenvalue weighted by molar-refractivity contribution is 7.07. The van der Waals surface area contributed by atoms with E-state index >= 15 is 0 Å². The van der Waals surface area contributed by atoms with Crippen LogP contribution in [0.1, 0.15) is 29.3 Å². The van der Waals surface area contributed by atoms with E-state index in [1.165, 1.54) is 6.92 Å². The molecule has 0 aliphatic heterocycles. The summed E-state index contributed by atoms with van der Waals surface area (Å²) in [6, 6.07) is 8.55. The molecule has 1 aromatic heterocycles. The van der Waals surface area contributed by atoms with Crippen molar-refractivity contribution < 1.29 is 19.1 Å². The predicted octanol–water partition coefficient (Wildman–Crippen LogP) is 3.07.